The minimum Gasteiger partial charge on any atom is -0.491 e. The molecule has 0 aliphatic carbocycles. The lowest BCUT2D eigenvalue weighted by atomic mass is 10.2. The standard InChI is InChI=1S/C14H22BrNO2/c1-3-7-16-9-11-8-13(5-6-14(11)15)18-10-12(17)4-2/h5-6,8,12,16-17H,3-4,7,9-10H2,1-2H3. The van der Waals surface area contributed by atoms with Crippen LogP contribution in [0.25, 0.3) is 0 Å². The molecule has 102 valence electrons. The summed E-state index contributed by atoms with van der Waals surface area (Å²) in [5.74, 6) is 0.805. The molecule has 0 saturated heterocycles. The van der Waals surface area contributed by atoms with E-state index in [1.807, 2.05) is 25.1 Å². The smallest absolute Gasteiger partial charge is 0.119 e. The van der Waals surface area contributed by atoms with Crippen molar-refractivity contribution in [1.29, 1.82) is 0 Å². The van der Waals surface area contributed by atoms with Crippen LogP contribution in [0.15, 0.2) is 22.7 Å². The van der Waals surface area contributed by atoms with E-state index < -0.39 is 6.10 Å². The van der Waals surface area contributed by atoms with Crippen molar-refractivity contribution >= 4 is 15.9 Å². The van der Waals surface area contributed by atoms with Crippen molar-refractivity contribution < 1.29 is 9.84 Å². The van der Waals surface area contributed by atoms with E-state index in [0.29, 0.717) is 13.0 Å². The Morgan fingerprint density at radius 3 is 2.83 bits per heavy atom. The summed E-state index contributed by atoms with van der Waals surface area (Å²) in [5.41, 5.74) is 1.17. The summed E-state index contributed by atoms with van der Waals surface area (Å²) in [5, 5.41) is 12.8. The molecule has 0 saturated carbocycles. The van der Waals surface area contributed by atoms with Crippen molar-refractivity contribution in [2.45, 2.75) is 39.3 Å². The summed E-state index contributed by atoms with van der Waals surface area (Å²) in [6.45, 7) is 6.26. The average Bonchev–Trinajstić information content (AvgIpc) is 2.39. The lowest BCUT2D eigenvalue weighted by Crippen LogP contribution is -2.17. The highest BCUT2D eigenvalue weighted by molar-refractivity contribution is 9.10. The Morgan fingerprint density at radius 1 is 1.39 bits per heavy atom. The summed E-state index contributed by atoms with van der Waals surface area (Å²) >= 11 is 3.53. The number of benzene rings is 1. The molecule has 0 bridgehead atoms. The zero-order chi connectivity index (χ0) is 13.4. The number of rotatable bonds is 8. The van der Waals surface area contributed by atoms with Crippen LogP contribution < -0.4 is 10.1 Å². The van der Waals surface area contributed by atoms with Crippen LogP contribution in [0.5, 0.6) is 5.75 Å². The maximum Gasteiger partial charge on any atom is 0.119 e. The van der Waals surface area contributed by atoms with Crippen LogP contribution in [0.3, 0.4) is 0 Å². The Morgan fingerprint density at radius 2 is 2.17 bits per heavy atom. The predicted molar refractivity (Wildman–Crippen MR) is 77.9 cm³/mol. The molecule has 4 heteroatoms. The van der Waals surface area contributed by atoms with Gasteiger partial charge in [-0.2, -0.15) is 0 Å². The molecule has 0 spiro atoms. The van der Waals surface area contributed by atoms with Crippen LogP contribution in [0.4, 0.5) is 0 Å². The van der Waals surface area contributed by atoms with Crippen LogP contribution in [0.2, 0.25) is 0 Å². The topological polar surface area (TPSA) is 41.5 Å². The van der Waals surface area contributed by atoms with E-state index in [-0.39, 0.29) is 0 Å². The van der Waals surface area contributed by atoms with E-state index >= 15 is 0 Å². The number of hydrogen-bond acceptors (Lipinski definition) is 3. The van der Waals surface area contributed by atoms with E-state index in [1.165, 1.54) is 5.56 Å². The van der Waals surface area contributed by atoms with Crippen LogP contribution in [-0.2, 0) is 6.54 Å². The largest absolute Gasteiger partial charge is 0.491 e. The minimum absolute atomic E-state index is 0.347. The zero-order valence-corrected chi connectivity index (χ0v) is 12.7. The fraction of sp³-hybridized carbons (Fsp3) is 0.571. The van der Waals surface area contributed by atoms with Crippen molar-refractivity contribution in [3.05, 3.63) is 28.2 Å². The molecule has 18 heavy (non-hydrogen) atoms. The number of aliphatic hydroxyl groups is 1. The van der Waals surface area contributed by atoms with Crippen molar-refractivity contribution in [1.82, 2.24) is 5.32 Å². The lowest BCUT2D eigenvalue weighted by molar-refractivity contribution is 0.104. The second kappa shape index (κ2) is 8.51. The van der Waals surface area contributed by atoms with E-state index in [0.717, 1.165) is 29.7 Å². The average molecular weight is 316 g/mol. The number of nitrogens with one attached hydrogen (secondary N) is 1. The summed E-state index contributed by atoms with van der Waals surface area (Å²) < 4.78 is 6.64. The van der Waals surface area contributed by atoms with Crippen molar-refractivity contribution in [3.8, 4) is 5.75 Å². The fourth-order valence-corrected chi connectivity index (χ4v) is 1.87. The molecule has 0 radical (unpaired) electrons. The molecule has 1 unspecified atom stereocenters. The highest BCUT2D eigenvalue weighted by Crippen LogP contribution is 2.22. The van der Waals surface area contributed by atoms with Gasteiger partial charge < -0.3 is 15.2 Å². The molecular weight excluding hydrogens is 294 g/mol. The summed E-state index contributed by atoms with van der Waals surface area (Å²) in [6, 6.07) is 5.90. The second-order valence-corrected chi connectivity index (χ2v) is 5.16. The molecule has 2 N–H and O–H groups in total. The van der Waals surface area contributed by atoms with E-state index in [2.05, 4.69) is 28.2 Å². The maximum atomic E-state index is 9.47. The van der Waals surface area contributed by atoms with Gasteiger partial charge in [-0.25, -0.2) is 0 Å². The first-order valence-corrected chi connectivity index (χ1v) is 7.26. The first kappa shape index (κ1) is 15.5. The number of ether oxygens (including phenoxy) is 1. The van der Waals surface area contributed by atoms with Gasteiger partial charge in [0.2, 0.25) is 0 Å². The third-order valence-corrected chi connectivity index (χ3v) is 3.45. The Labute approximate surface area is 118 Å². The number of aliphatic hydroxyl groups excluding tert-OH is 1. The molecular formula is C14H22BrNO2. The second-order valence-electron chi connectivity index (χ2n) is 4.30. The van der Waals surface area contributed by atoms with E-state index in [1.54, 1.807) is 0 Å². The molecule has 1 aromatic carbocycles. The van der Waals surface area contributed by atoms with Crippen molar-refractivity contribution in [2.24, 2.45) is 0 Å². The van der Waals surface area contributed by atoms with Gasteiger partial charge in [-0.1, -0.05) is 29.8 Å². The van der Waals surface area contributed by atoms with Gasteiger partial charge in [0.25, 0.3) is 0 Å². The summed E-state index contributed by atoms with van der Waals surface area (Å²) in [4.78, 5) is 0. The molecule has 1 aromatic rings. The SMILES string of the molecule is CCCNCc1cc(OCC(O)CC)ccc1Br. The van der Waals surface area contributed by atoms with Gasteiger partial charge in [0.1, 0.15) is 12.4 Å². The monoisotopic (exact) mass is 315 g/mol. The molecule has 1 atom stereocenters. The summed E-state index contributed by atoms with van der Waals surface area (Å²) in [6.07, 6.45) is 1.44. The van der Waals surface area contributed by atoms with Gasteiger partial charge >= 0.3 is 0 Å². The van der Waals surface area contributed by atoms with E-state index in [9.17, 15) is 5.11 Å². The molecule has 0 aliphatic heterocycles. The van der Waals surface area contributed by atoms with Crippen LogP contribution >= 0.6 is 15.9 Å². The van der Waals surface area contributed by atoms with Gasteiger partial charge in [-0.15, -0.1) is 0 Å². The normalized spacial score (nSPS) is 12.4. The van der Waals surface area contributed by atoms with Gasteiger partial charge in [0.05, 0.1) is 6.10 Å². The highest BCUT2D eigenvalue weighted by atomic mass is 79.9. The zero-order valence-electron chi connectivity index (χ0n) is 11.1. The molecule has 0 aliphatic rings. The molecule has 0 fully saturated rings. The highest BCUT2D eigenvalue weighted by Gasteiger charge is 2.05. The first-order valence-electron chi connectivity index (χ1n) is 6.47. The number of halogens is 1. The molecule has 1 rings (SSSR count). The Hall–Kier alpha value is -0.580. The van der Waals surface area contributed by atoms with Gasteiger partial charge in [0.15, 0.2) is 0 Å². The third-order valence-electron chi connectivity index (χ3n) is 2.67. The molecule has 0 amide bonds. The predicted octanol–water partition coefficient (Wildman–Crippen LogP) is 3.10. The Kier molecular flexibility index (Phi) is 7.32. The fourth-order valence-electron chi connectivity index (χ4n) is 1.49. The van der Waals surface area contributed by atoms with Gasteiger partial charge in [0, 0.05) is 11.0 Å². The van der Waals surface area contributed by atoms with Crippen LogP contribution in [0, 0.1) is 0 Å². The van der Waals surface area contributed by atoms with Crippen molar-refractivity contribution in [3.63, 3.8) is 0 Å². The molecule has 0 heterocycles. The molecule has 3 nitrogen and oxygen atoms in total. The Balaban J connectivity index is 2.56. The Bertz CT molecular complexity index is 358. The van der Waals surface area contributed by atoms with Gasteiger partial charge in [-0.3, -0.25) is 0 Å². The third kappa shape index (κ3) is 5.38. The number of hydrogen-bond donors (Lipinski definition) is 2. The molecule has 0 aromatic heterocycles. The lowest BCUT2D eigenvalue weighted by Gasteiger charge is -2.12. The van der Waals surface area contributed by atoms with Crippen LogP contribution in [0.1, 0.15) is 32.3 Å². The first-order chi connectivity index (χ1) is 8.67. The van der Waals surface area contributed by atoms with Crippen LogP contribution in [-0.4, -0.2) is 24.4 Å². The summed E-state index contributed by atoms with van der Waals surface area (Å²) in [7, 11) is 0. The quantitative estimate of drug-likeness (QED) is 0.724. The van der Waals surface area contributed by atoms with Gasteiger partial charge in [-0.05, 0) is 43.1 Å². The maximum absolute atomic E-state index is 9.47. The minimum atomic E-state index is -0.393. The van der Waals surface area contributed by atoms with E-state index in [4.69, 9.17) is 4.74 Å². The van der Waals surface area contributed by atoms with Crippen molar-refractivity contribution in [2.75, 3.05) is 13.2 Å².